The standard InChI is InChI=1S/C20H14O/c1-13(21)14-11-6-12-19-17-8-3-2-7-15(17)16-9-4-5-10-18(16)20(14)19/h2-12H,1H3. The lowest BCUT2D eigenvalue weighted by atomic mass is 9.91. The Morgan fingerprint density at radius 2 is 1.05 bits per heavy atom. The molecule has 0 saturated carbocycles. The van der Waals surface area contributed by atoms with Gasteiger partial charge in [0.15, 0.2) is 5.78 Å². The van der Waals surface area contributed by atoms with E-state index < -0.39 is 0 Å². The highest BCUT2D eigenvalue weighted by atomic mass is 16.1. The topological polar surface area (TPSA) is 17.1 Å². The molecular weight excluding hydrogens is 256 g/mol. The average molecular weight is 270 g/mol. The van der Waals surface area contributed by atoms with Crippen molar-refractivity contribution in [3.63, 3.8) is 0 Å². The first-order valence-electron chi connectivity index (χ1n) is 7.10. The van der Waals surface area contributed by atoms with Crippen LogP contribution in [-0.2, 0) is 0 Å². The van der Waals surface area contributed by atoms with Gasteiger partial charge in [0, 0.05) is 10.9 Å². The van der Waals surface area contributed by atoms with Crippen LogP contribution in [0.5, 0.6) is 0 Å². The summed E-state index contributed by atoms with van der Waals surface area (Å²) in [6.45, 7) is 1.64. The number of carbonyl (C=O) groups is 1. The number of fused-ring (bicyclic) bond motifs is 6. The molecule has 0 spiro atoms. The molecule has 0 amide bonds. The molecule has 0 radical (unpaired) electrons. The molecule has 4 aromatic rings. The van der Waals surface area contributed by atoms with Gasteiger partial charge in [-0.15, -0.1) is 0 Å². The molecule has 0 fully saturated rings. The van der Waals surface area contributed by atoms with Crippen LogP contribution in [0.2, 0.25) is 0 Å². The zero-order valence-corrected chi connectivity index (χ0v) is 11.8. The summed E-state index contributed by atoms with van der Waals surface area (Å²) in [5.74, 6) is 0.112. The van der Waals surface area contributed by atoms with Crippen molar-refractivity contribution in [1.82, 2.24) is 0 Å². The van der Waals surface area contributed by atoms with Crippen LogP contribution in [0.3, 0.4) is 0 Å². The highest BCUT2D eigenvalue weighted by Crippen LogP contribution is 2.36. The Bertz CT molecular complexity index is 967. The van der Waals surface area contributed by atoms with Crippen LogP contribution in [-0.4, -0.2) is 5.78 Å². The molecule has 100 valence electrons. The molecule has 0 aliphatic carbocycles. The van der Waals surface area contributed by atoms with E-state index in [1.807, 2.05) is 18.2 Å². The maximum absolute atomic E-state index is 12.0. The van der Waals surface area contributed by atoms with Gasteiger partial charge in [0.25, 0.3) is 0 Å². The highest BCUT2D eigenvalue weighted by Gasteiger charge is 2.12. The Balaban J connectivity index is 2.43. The maximum atomic E-state index is 12.0. The number of Topliss-reactive ketones (excluding diaryl/α,β-unsaturated/α-hetero) is 1. The van der Waals surface area contributed by atoms with Crippen molar-refractivity contribution in [2.24, 2.45) is 0 Å². The van der Waals surface area contributed by atoms with Crippen LogP contribution in [0.4, 0.5) is 0 Å². The second-order valence-corrected chi connectivity index (χ2v) is 5.38. The first kappa shape index (κ1) is 12.1. The normalized spacial score (nSPS) is 11.3. The van der Waals surface area contributed by atoms with Gasteiger partial charge in [0.2, 0.25) is 0 Å². The van der Waals surface area contributed by atoms with Gasteiger partial charge in [0.05, 0.1) is 0 Å². The third kappa shape index (κ3) is 1.67. The van der Waals surface area contributed by atoms with Gasteiger partial charge < -0.3 is 0 Å². The zero-order chi connectivity index (χ0) is 14.4. The molecule has 0 saturated heterocycles. The molecule has 0 unspecified atom stereocenters. The fourth-order valence-corrected chi connectivity index (χ4v) is 3.25. The molecule has 0 bridgehead atoms. The van der Waals surface area contributed by atoms with Crippen LogP contribution in [0, 0.1) is 0 Å². The van der Waals surface area contributed by atoms with E-state index in [2.05, 4.69) is 48.5 Å². The minimum absolute atomic E-state index is 0.112. The van der Waals surface area contributed by atoms with Crippen molar-refractivity contribution < 1.29 is 4.79 Å². The van der Waals surface area contributed by atoms with E-state index in [4.69, 9.17) is 0 Å². The van der Waals surface area contributed by atoms with Gasteiger partial charge >= 0.3 is 0 Å². The van der Waals surface area contributed by atoms with Crippen molar-refractivity contribution in [3.05, 3.63) is 72.3 Å². The van der Waals surface area contributed by atoms with E-state index in [1.54, 1.807) is 6.92 Å². The van der Waals surface area contributed by atoms with E-state index in [0.29, 0.717) is 0 Å². The summed E-state index contributed by atoms with van der Waals surface area (Å²) in [6, 6.07) is 22.7. The van der Waals surface area contributed by atoms with Gasteiger partial charge in [-0.1, -0.05) is 66.7 Å². The maximum Gasteiger partial charge on any atom is 0.160 e. The number of ketones is 1. The van der Waals surface area contributed by atoms with Crippen molar-refractivity contribution >= 4 is 38.1 Å². The van der Waals surface area contributed by atoms with Crippen LogP contribution in [0.25, 0.3) is 32.3 Å². The van der Waals surface area contributed by atoms with Gasteiger partial charge in [-0.2, -0.15) is 0 Å². The average Bonchev–Trinajstić information content (AvgIpc) is 2.54. The van der Waals surface area contributed by atoms with Gasteiger partial charge in [-0.05, 0) is 33.9 Å². The fraction of sp³-hybridized carbons (Fsp3) is 0.0500. The van der Waals surface area contributed by atoms with Crippen molar-refractivity contribution in [2.45, 2.75) is 6.92 Å². The summed E-state index contributed by atoms with van der Waals surface area (Å²) in [5.41, 5.74) is 0.800. The third-order valence-electron chi connectivity index (χ3n) is 4.15. The molecule has 1 heteroatoms. The SMILES string of the molecule is CC(=O)c1cccc2c3ccccc3c3ccccc3c12. The summed E-state index contributed by atoms with van der Waals surface area (Å²) < 4.78 is 0. The largest absolute Gasteiger partial charge is 0.294 e. The minimum Gasteiger partial charge on any atom is -0.294 e. The number of benzene rings is 4. The Labute approximate surface area is 122 Å². The molecular formula is C20H14O. The molecule has 0 aromatic heterocycles. The first-order valence-corrected chi connectivity index (χ1v) is 7.10. The molecule has 0 aliphatic heterocycles. The van der Waals surface area contributed by atoms with Crippen molar-refractivity contribution in [1.29, 1.82) is 0 Å². The third-order valence-corrected chi connectivity index (χ3v) is 4.15. The lowest BCUT2D eigenvalue weighted by molar-refractivity contribution is 0.101. The molecule has 0 heterocycles. The first-order chi connectivity index (χ1) is 10.3. The van der Waals surface area contributed by atoms with E-state index in [-0.39, 0.29) is 5.78 Å². The van der Waals surface area contributed by atoms with E-state index in [1.165, 1.54) is 16.2 Å². The fourth-order valence-electron chi connectivity index (χ4n) is 3.25. The Morgan fingerprint density at radius 3 is 1.57 bits per heavy atom. The highest BCUT2D eigenvalue weighted by molar-refractivity contribution is 6.29. The van der Waals surface area contributed by atoms with Crippen LogP contribution in [0.1, 0.15) is 17.3 Å². The van der Waals surface area contributed by atoms with Gasteiger partial charge in [-0.25, -0.2) is 0 Å². The van der Waals surface area contributed by atoms with Crippen molar-refractivity contribution in [3.8, 4) is 0 Å². The Hall–Kier alpha value is -2.67. The van der Waals surface area contributed by atoms with Crippen LogP contribution in [0.15, 0.2) is 66.7 Å². The summed E-state index contributed by atoms with van der Waals surface area (Å²) in [4.78, 5) is 12.0. The lowest BCUT2D eigenvalue weighted by Crippen LogP contribution is -1.95. The predicted molar refractivity (Wildman–Crippen MR) is 89.0 cm³/mol. The lowest BCUT2D eigenvalue weighted by Gasteiger charge is -2.12. The van der Waals surface area contributed by atoms with E-state index in [0.717, 1.165) is 21.7 Å². The molecule has 4 aromatic carbocycles. The number of rotatable bonds is 1. The smallest absolute Gasteiger partial charge is 0.160 e. The number of hydrogen-bond donors (Lipinski definition) is 0. The van der Waals surface area contributed by atoms with Gasteiger partial charge in [0.1, 0.15) is 0 Å². The van der Waals surface area contributed by atoms with Crippen LogP contribution < -0.4 is 0 Å². The Morgan fingerprint density at radius 1 is 0.619 bits per heavy atom. The molecule has 1 nitrogen and oxygen atoms in total. The summed E-state index contributed by atoms with van der Waals surface area (Å²) in [5, 5.41) is 7.01. The second-order valence-electron chi connectivity index (χ2n) is 5.38. The minimum atomic E-state index is 0.112. The quantitative estimate of drug-likeness (QED) is 0.336. The van der Waals surface area contributed by atoms with E-state index >= 15 is 0 Å². The number of carbonyl (C=O) groups excluding carboxylic acids is 1. The summed E-state index contributed by atoms with van der Waals surface area (Å²) >= 11 is 0. The summed E-state index contributed by atoms with van der Waals surface area (Å²) in [7, 11) is 0. The predicted octanol–water partition coefficient (Wildman–Crippen LogP) is 5.35. The molecule has 0 N–H and O–H groups in total. The molecule has 4 rings (SSSR count). The number of hydrogen-bond acceptors (Lipinski definition) is 1. The second kappa shape index (κ2) is 4.42. The van der Waals surface area contributed by atoms with E-state index in [9.17, 15) is 4.79 Å². The monoisotopic (exact) mass is 270 g/mol. The summed E-state index contributed by atoms with van der Waals surface area (Å²) in [6.07, 6.45) is 0. The van der Waals surface area contributed by atoms with Crippen molar-refractivity contribution in [2.75, 3.05) is 0 Å². The van der Waals surface area contributed by atoms with Gasteiger partial charge in [-0.3, -0.25) is 4.79 Å². The Kier molecular flexibility index (Phi) is 2.55. The van der Waals surface area contributed by atoms with Crippen LogP contribution >= 0.6 is 0 Å². The zero-order valence-electron chi connectivity index (χ0n) is 11.8. The molecule has 21 heavy (non-hydrogen) atoms. The molecule has 0 atom stereocenters. The molecule has 0 aliphatic rings.